The van der Waals surface area contributed by atoms with Crippen LogP contribution >= 0.6 is 0 Å². The third-order valence-corrected chi connectivity index (χ3v) is 5.93. The van der Waals surface area contributed by atoms with Crippen molar-refractivity contribution in [3.63, 3.8) is 0 Å². The first-order valence-electron chi connectivity index (χ1n) is 10.4. The minimum atomic E-state index is -0.588. The molecule has 2 aromatic rings. The van der Waals surface area contributed by atoms with Crippen molar-refractivity contribution in [2.24, 2.45) is 7.05 Å². The number of nitrogens with zero attached hydrogens (tertiary/aromatic N) is 4. The molecule has 1 saturated carbocycles. The average molecular weight is 412 g/mol. The fraction of sp³-hybridized carbons (Fsp3) is 0.524. The lowest BCUT2D eigenvalue weighted by Crippen LogP contribution is -2.49. The lowest BCUT2D eigenvalue weighted by molar-refractivity contribution is -0.126. The molecule has 9 heteroatoms. The quantitative estimate of drug-likeness (QED) is 0.688. The summed E-state index contributed by atoms with van der Waals surface area (Å²) in [5.41, 5.74) is 2.07. The van der Waals surface area contributed by atoms with E-state index in [0.29, 0.717) is 30.9 Å². The molecule has 0 aromatic carbocycles. The third kappa shape index (κ3) is 4.02. The summed E-state index contributed by atoms with van der Waals surface area (Å²) in [6.45, 7) is 4.02. The number of aliphatic hydroxyl groups is 1. The van der Waals surface area contributed by atoms with E-state index < -0.39 is 6.04 Å². The molecular formula is C21H28N6O3. The molecule has 0 spiro atoms. The van der Waals surface area contributed by atoms with Gasteiger partial charge in [0.05, 0.1) is 11.8 Å². The Bertz CT molecular complexity index is 964. The van der Waals surface area contributed by atoms with E-state index in [-0.39, 0.29) is 24.0 Å². The molecule has 3 heterocycles. The van der Waals surface area contributed by atoms with E-state index in [1.54, 1.807) is 16.5 Å². The van der Waals surface area contributed by atoms with E-state index >= 15 is 0 Å². The van der Waals surface area contributed by atoms with Crippen LogP contribution in [0.4, 0.5) is 11.6 Å². The first-order chi connectivity index (χ1) is 14.3. The molecule has 160 valence electrons. The van der Waals surface area contributed by atoms with Crippen LogP contribution in [0.2, 0.25) is 0 Å². The van der Waals surface area contributed by atoms with Crippen LogP contribution in [0.25, 0.3) is 0 Å². The molecule has 3 N–H and O–H groups in total. The maximum atomic E-state index is 13.0. The highest BCUT2D eigenvalue weighted by Gasteiger charge is 2.36. The predicted octanol–water partition coefficient (Wildman–Crippen LogP) is 1.63. The van der Waals surface area contributed by atoms with Crippen LogP contribution in [0.3, 0.4) is 0 Å². The third-order valence-electron chi connectivity index (χ3n) is 5.93. The van der Waals surface area contributed by atoms with Gasteiger partial charge in [0.25, 0.3) is 5.91 Å². The van der Waals surface area contributed by atoms with E-state index in [4.69, 9.17) is 0 Å². The Kier molecular flexibility index (Phi) is 5.46. The monoisotopic (exact) mass is 412 g/mol. The van der Waals surface area contributed by atoms with Crippen LogP contribution in [0, 0.1) is 6.92 Å². The molecule has 0 radical (unpaired) electrons. The molecule has 2 aromatic heterocycles. The molecule has 9 nitrogen and oxygen atoms in total. The van der Waals surface area contributed by atoms with Gasteiger partial charge < -0.3 is 20.6 Å². The molecule has 1 fully saturated rings. The van der Waals surface area contributed by atoms with Gasteiger partial charge in [-0.3, -0.25) is 14.3 Å². The van der Waals surface area contributed by atoms with Gasteiger partial charge in [-0.15, -0.1) is 0 Å². The van der Waals surface area contributed by atoms with Crippen LogP contribution in [0.1, 0.15) is 54.4 Å². The van der Waals surface area contributed by atoms with Crippen molar-refractivity contribution in [2.45, 2.75) is 64.3 Å². The van der Waals surface area contributed by atoms with Gasteiger partial charge in [0.1, 0.15) is 23.4 Å². The average Bonchev–Trinajstić information content (AvgIpc) is 3.21. The van der Waals surface area contributed by atoms with E-state index in [2.05, 4.69) is 20.7 Å². The maximum Gasteiger partial charge on any atom is 0.273 e. The Morgan fingerprint density at radius 2 is 2.00 bits per heavy atom. The van der Waals surface area contributed by atoms with Gasteiger partial charge in [0.2, 0.25) is 5.91 Å². The van der Waals surface area contributed by atoms with Gasteiger partial charge in [0.15, 0.2) is 0 Å². The smallest absolute Gasteiger partial charge is 0.273 e. The fourth-order valence-corrected chi connectivity index (χ4v) is 4.12. The second kappa shape index (κ2) is 8.06. The maximum absolute atomic E-state index is 13.0. The first kappa shape index (κ1) is 20.3. The number of carbonyl (C=O) groups excluding carboxylic acids is 2. The lowest BCUT2D eigenvalue weighted by atomic mass is 9.93. The number of aryl methyl sites for hydroxylation is 2. The summed E-state index contributed by atoms with van der Waals surface area (Å²) in [6.07, 6.45) is 2.65. The molecule has 1 atom stereocenters. The standard InChI is InChI=1S/C21H28N6O3/c1-12-10-18(26(3)25-12)23-17-9-4-14-11-27(21(30)19(14)24-17)13(2)20(29)22-15-5-7-16(28)8-6-15/h4,9-10,13,15-16,28H,5-8,11H2,1-3H3,(H,22,29)(H,23,24)/t13-,15?,16?/m1/s1. The Morgan fingerprint density at radius 3 is 2.67 bits per heavy atom. The lowest BCUT2D eigenvalue weighted by Gasteiger charge is -2.29. The van der Waals surface area contributed by atoms with Crippen molar-refractivity contribution in [2.75, 3.05) is 5.32 Å². The van der Waals surface area contributed by atoms with E-state index in [0.717, 1.165) is 29.9 Å². The van der Waals surface area contributed by atoms with Crippen molar-refractivity contribution in [1.29, 1.82) is 0 Å². The molecule has 1 aliphatic heterocycles. The first-order valence-corrected chi connectivity index (χ1v) is 10.4. The normalized spacial score (nSPS) is 22.0. The zero-order chi connectivity index (χ0) is 21.4. The van der Waals surface area contributed by atoms with Crippen molar-refractivity contribution in [1.82, 2.24) is 25.0 Å². The van der Waals surface area contributed by atoms with E-state index in [1.165, 1.54) is 0 Å². The molecular weight excluding hydrogens is 384 g/mol. The van der Waals surface area contributed by atoms with E-state index in [1.807, 2.05) is 32.2 Å². The van der Waals surface area contributed by atoms with Crippen molar-refractivity contribution in [3.05, 3.63) is 35.2 Å². The highest BCUT2D eigenvalue weighted by Crippen LogP contribution is 2.26. The Hall–Kier alpha value is -2.94. The summed E-state index contributed by atoms with van der Waals surface area (Å²) < 4.78 is 1.72. The molecule has 2 amide bonds. The van der Waals surface area contributed by atoms with Gasteiger partial charge in [-0.1, -0.05) is 6.07 Å². The Balaban J connectivity index is 1.42. The number of pyridine rings is 1. The number of aromatic nitrogens is 3. The second-order valence-corrected chi connectivity index (χ2v) is 8.25. The number of carbonyl (C=O) groups is 2. The summed E-state index contributed by atoms with van der Waals surface area (Å²) in [5.74, 6) is 0.940. The molecule has 0 saturated heterocycles. The zero-order valence-electron chi connectivity index (χ0n) is 17.6. The SMILES string of the molecule is Cc1cc(Nc2ccc3c(n2)C(=O)N([C@H](C)C(=O)NC2CCC(O)CC2)C3)n(C)n1. The number of fused-ring (bicyclic) bond motifs is 1. The minimum absolute atomic E-state index is 0.0553. The second-order valence-electron chi connectivity index (χ2n) is 8.25. The van der Waals surface area contributed by atoms with Crippen molar-refractivity contribution in [3.8, 4) is 0 Å². The van der Waals surface area contributed by atoms with Gasteiger partial charge in [-0.2, -0.15) is 5.10 Å². The zero-order valence-corrected chi connectivity index (χ0v) is 17.6. The number of nitrogens with one attached hydrogen (secondary N) is 2. The van der Waals surface area contributed by atoms with Crippen LogP contribution in [0.5, 0.6) is 0 Å². The molecule has 0 unspecified atom stereocenters. The van der Waals surface area contributed by atoms with Gasteiger partial charge >= 0.3 is 0 Å². The van der Waals surface area contributed by atoms with E-state index in [9.17, 15) is 14.7 Å². The molecule has 0 bridgehead atoms. The molecule has 2 aliphatic rings. The number of hydrogen-bond donors (Lipinski definition) is 3. The number of aliphatic hydroxyl groups excluding tert-OH is 1. The van der Waals surface area contributed by atoms with Crippen LogP contribution in [-0.2, 0) is 18.4 Å². The summed E-state index contributed by atoms with van der Waals surface area (Å²) in [5, 5.41) is 20.1. The topological polar surface area (TPSA) is 112 Å². The number of hydrogen-bond acceptors (Lipinski definition) is 6. The highest BCUT2D eigenvalue weighted by molar-refractivity contribution is 5.99. The molecule has 30 heavy (non-hydrogen) atoms. The molecule has 4 rings (SSSR count). The van der Waals surface area contributed by atoms with Gasteiger partial charge in [0, 0.05) is 31.3 Å². The van der Waals surface area contributed by atoms with Crippen LogP contribution in [-0.4, -0.2) is 54.8 Å². The van der Waals surface area contributed by atoms with Crippen LogP contribution < -0.4 is 10.6 Å². The Labute approximate surface area is 175 Å². The number of amides is 2. The molecule has 1 aliphatic carbocycles. The highest BCUT2D eigenvalue weighted by atomic mass is 16.3. The van der Waals surface area contributed by atoms with Gasteiger partial charge in [-0.25, -0.2) is 4.98 Å². The Morgan fingerprint density at radius 1 is 1.27 bits per heavy atom. The van der Waals surface area contributed by atoms with Gasteiger partial charge in [-0.05, 0) is 45.6 Å². The number of anilines is 2. The number of rotatable bonds is 5. The van der Waals surface area contributed by atoms with Crippen molar-refractivity contribution >= 4 is 23.5 Å². The summed E-state index contributed by atoms with van der Waals surface area (Å²) >= 11 is 0. The summed E-state index contributed by atoms with van der Waals surface area (Å²) in [6, 6.07) is 5.07. The van der Waals surface area contributed by atoms with Crippen molar-refractivity contribution < 1.29 is 14.7 Å². The minimum Gasteiger partial charge on any atom is -0.393 e. The van der Waals surface area contributed by atoms with Crippen LogP contribution in [0.15, 0.2) is 18.2 Å². The fourth-order valence-electron chi connectivity index (χ4n) is 4.12. The summed E-state index contributed by atoms with van der Waals surface area (Å²) in [4.78, 5) is 31.7. The largest absolute Gasteiger partial charge is 0.393 e. The summed E-state index contributed by atoms with van der Waals surface area (Å²) in [7, 11) is 1.84. The predicted molar refractivity (Wildman–Crippen MR) is 111 cm³/mol.